The molecule has 1 atom stereocenters. The fourth-order valence-corrected chi connectivity index (χ4v) is 0.377. The molecule has 0 fully saturated rings. The predicted molar refractivity (Wildman–Crippen MR) is 26.5 cm³/mol. The van der Waals surface area contributed by atoms with Crippen LogP contribution in [0.4, 0.5) is 0 Å². The summed E-state index contributed by atoms with van der Waals surface area (Å²) in [4.78, 5) is 0. The molecule has 0 rings (SSSR count). The summed E-state index contributed by atoms with van der Waals surface area (Å²) in [5, 5.41) is 30.5. The van der Waals surface area contributed by atoms with Crippen molar-refractivity contribution in [2.75, 3.05) is 0 Å². The first-order valence-corrected chi connectivity index (χ1v) is 4.79. The number of rotatable bonds is 9. The fourth-order valence-electron chi connectivity index (χ4n) is 0.110. The van der Waals surface area contributed by atoms with E-state index < -0.39 is 15.9 Å². The van der Waals surface area contributed by atoms with E-state index in [1.807, 2.05) is 0 Å². The molecule has 0 heterocycles. The molecule has 0 aliphatic carbocycles. The van der Waals surface area contributed by atoms with Crippen molar-refractivity contribution in [2.24, 2.45) is 0 Å². The average Bonchev–Trinajstić information content (AvgIpc) is 2.16. The third kappa shape index (κ3) is 9.76. The maximum absolute atomic E-state index is 10.1. The minimum Gasteiger partial charge on any atom is -0.219 e. The Morgan fingerprint density at radius 3 is 2.08 bits per heavy atom. The lowest BCUT2D eigenvalue weighted by atomic mass is 14.1. The van der Waals surface area contributed by atoms with E-state index in [1.54, 1.807) is 0 Å². The van der Waals surface area contributed by atoms with Crippen LogP contribution in [0, 0.1) is 0 Å². The monoisotopic (exact) mass is 239 g/mol. The minimum absolute atomic E-state index is 0.803. The fraction of sp³-hybridized carbons (Fsp3) is 0. The van der Waals surface area contributed by atoms with E-state index in [-0.39, 0.29) is 0 Å². The third-order valence-electron chi connectivity index (χ3n) is 0.330. The Labute approximate surface area is 71.3 Å². The maximum Gasteiger partial charge on any atom is 0.641 e. The lowest BCUT2D eigenvalue weighted by Gasteiger charge is -1.92. The summed E-state index contributed by atoms with van der Waals surface area (Å²) in [6, 6.07) is 0. The van der Waals surface area contributed by atoms with Crippen LogP contribution in [0.25, 0.3) is 0 Å². The molecule has 11 nitrogen and oxygen atoms in total. The Kier molecular flexibility index (Phi) is 9.80. The molecular weight excluding hydrogens is 238 g/mol. The highest BCUT2D eigenvalue weighted by molar-refractivity contribution is 8.06. The van der Waals surface area contributed by atoms with Crippen molar-refractivity contribution in [1.82, 2.24) is 0 Å². The van der Waals surface area contributed by atoms with Crippen LogP contribution in [0.2, 0.25) is 0 Å². The topological polar surface area (TPSA) is 128 Å². The quantitative estimate of drug-likeness (QED) is 0.267. The zero-order chi connectivity index (χ0) is 9.94. The zero-order valence-electron chi connectivity index (χ0n) is 5.42. The maximum atomic E-state index is 10.1. The van der Waals surface area contributed by atoms with Gasteiger partial charge in [0.1, 0.15) is 0 Å². The van der Waals surface area contributed by atoms with E-state index in [4.69, 9.17) is 5.26 Å². The highest BCUT2D eigenvalue weighted by Gasteiger charge is 2.21. The van der Waals surface area contributed by atoms with Gasteiger partial charge in [-0.15, -0.1) is 0 Å². The van der Waals surface area contributed by atoms with E-state index >= 15 is 0 Å². The van der Waals surface area contributed by atoms with Gasteiger partial charge in [0.25, 0.3) is 0 Å². The van der Waals surface area contributed by atoms with Crippen molar-refractivity contribution in [3.8, 4) is 0 Å². The summed E-state index contributed by atoms with van der Waals surface area (Å²) < 4.78 is 23.5. The molecule has 13 heavy (non-hydrogen) atoms. The minimum atomic E-state index is -2.56. The summed E-state index contributed by atoms with van der Waals surface area (Å²) in [5.74, 6) is 0. The van der Waals surface area contributed by atoms with Crippen molar-refractivity contribution < 1.29 is 54.3 Å². The molecule has 13 heteroatoms. The normalized spacial score (nSPS) is 11.9. The molecule has 0 aromatic rings. The lowest BCUT2D eigenvalue weighted by molar-refractivity contribution is -0.825. The van der Waals surface area contributed by atoms with Crippen LogP contribution in [0.1, 0.15) is 0 Å². The van der Waals surface area contributed by atoms with Gasteiger partial charge in [0.05, 0.1) is 4.67 Å². The Bertz CT molecular complexity index is 141. The lowest BCUT2D eigenvalue weighted by Crippen LogP contribution is -1.99. The summed E-state index contributed by atoms with van der Waals surface area (Å²) in [6.07, 6.45) is 0. The van der Waals surface area contributed by atoms with Gasteiger partial charge >= 0.3 is 15.9 Å². The van der Waals surface area contributed by atoms with E-state index in [0.717, 1.165) is 0 Å². The molecule has 0 aromatic heterocycles. The van der Waals surface area contributed by atoms with Crippen molar-refractivity contribution in [1.29, 1.82) is 0 Å². The Morgan fingerprint density at radius 1 is 1.00 bits per heavy atom. The summed E-state index contributed by atoms with van der Waals surface area (Å²) >= 11 is 0. The van der Waals surface area contributed by atoms with Gasteiger partial charge in [0, 0.05) is 15.1 Å². The molecule has 0 radical (unpaired) electrons. The second-order valence-corrected chi connectivity index (χ2v) is 3.13. The highest BCUT2D eigenvalue weighted by atomic mass is 32.0. The average molecular weight is 239 g/mol. The van der Waals surface area contributed by atoms with Gasteiger partial charge in [0.2, 0.25) is 0 Å². The molecule has 1 unspecified atom stereocenters. The van der Waals surface area contributed by atoms with Gasteiger partial charge in [-0.25, -0.2) is 9.82 Å². The van der Waals surface area contributed by atoms with Crippen LogP contribution in [-0.2, 0) is 49.1 Å². The van der Waals surface area contributed by atoms with Crippen LogP contribution in [0.3, 0.4) is 0 Å². The first-order chi connectivity index (χ1) is 6.31. The Hall–Kier alpha value is -0.160. The van der Waals surface area contributed by atoms with Crippen LogP contribution < -0.4 is 0 Å². The van der Waals surface area contributed by atoms with Crippen molar-refractivity contribution in [3.63, 3.8) is 0 Å². The molecule has 0 aliphatic heterocycles. The summed E-state index contributed by atoms with van der Waals surface area (Å²) in [6.45, 7) is 0. The van der Waals surface area contributed by atoms with Gasteiger partial charge in [-0.05, 0) is 24.7 Å². The standard InChI is InChI=1S/O11P2/c1-4-5-6-7-8-9-10-11-13(3)12-2/p+1. The van der Waals surface area contributed by atoms with Gasteiger partial charge in [-0.2, -0.15) is 0 Å². The second kappa shape index (κ2) is 9.92. The van der Waals surface area contributed by atoms with Crippen molar-refractivity contribution in [2.45, 2.75) is 0 Å². The molecule has 0 spiro atoms. The van der Waals surface area contributed by atoms with E-state index in [9.17, 15) is 9.13 Å². The predicted octanol–water partition coefficient (Wildman–Crippen LogP) is 0.946. The largest absolute Gasteiger partial charge is 0.641 e. The third-order valence-corrected chi connectivity index (χ3v) is 1.25. The first-order valence-electron chi connectivity index (χ1n) is 2.10. The number of hydrogen-bond donors (Lipinski definition) is 1. The second-order valence-electron chi connectivity index (χ2n) is 0.877. The van der Waals surface area contributed by atoms with E-state index in [2.05, 4.69) is 39.9 Å². The van der Waals surface area contributed by atoms with Gasteiger partial charge < -0.3 is 0 Å². The molecule has 0 bridgehead atoms. The molecule has 0 saturated heterocycles. The molecule has 0 aromatic carbocycles. The van der Waals surface area contributed by atoms with Crippen LogP contribution >= 0.6 is 15.9 Å². The molecule has 0 saturated carbocycles. The Morgan fingerprint density at radius 2 is 1.54 bits per heavy atom. The summed E-state index contributed by atoms with van der Waals surface area (Å²) in [5.41, 5.74) is 0. The SMILES string of the molecule is O=P[P+](=O)OOOOOOOOO. The van der Waals surface area contributed by atoms with Crippen LogP contribution in [-0.4, -0.2) is 5.26 Å². The van der Waals surface area contributed by atoms with E-state index in [1.165, 1.54) is 0 Å². The van der Waals surface area contributed by atoms with Gasteiger partial charge in [0.15, 0.2) is 0 Å². The van der Waals surface area contributed by atoms with Crippen molar-refractivity contribution >= 4 is 15.9 Å². The van der Waals surface area contributed by atoms with E-state index in [0.29, 0.717) is 0 Å². The van der Waals surface area contributed by atoms with Crippen molar-refractivity contribution in [3.05, 3.63) is 0 Å². The highest BCUT2D eigenvalue weighted by Crippen LogP contribution is 2.36. The number of hydrogen-bond acceptors (Lipinski definition) is 11. The van der Waals surface area contributed by atoms with Gasteiger partial charge in [-0.3, -0.25) is 0 Å². The smallest absolute Gasteiger partial charge is 0.219 e. The Balaban J connectivity index is 2.99. The zero-order valence-corrected chi connectivity index (χ0v) is 7.21. The first kappa shape index (κ1) is 12.8. The molecule has 0 aliphatic rings. The van der Waals surface area contributed by atoms with Crippen LogP contribution in [0.15, 0.2) is 0 Å². The molecule has 76 valence electrons. The molecule has 1 N–H and O–H groups in total. The van der Waals surface area contributed by atoms with Gasteiger partial charge in [-0.1, -0.05) is 0 Å². The van der Waals surface area contributed by atoms with Crippen LogP contribution in [0.5, 0.6) is 0 Å². The molecular formula is HO11P2+. The summed E-state index contributed by atoms with van der Waals surface area (Å²) in [7, 11) is -3.36. The molecule has 0 amide bonds.